The summed E-state index contributed by atoms with van der Waals surface area (Å²) in [6.07, 6.45) is 1.00. The fraction of sp³-hybridized carbons (Fsp3) is 0.316. The summed E-state index contributed by atoms with van der Waals surface area (Å²) in [6.45, 7) is 4.98. The fourth-order valence-electron chi connectivity index (χ4n) is 1.91. The van der Waals surface area contributed by atoms with Gasteiger partial charge < -0.3 is 14.2 Å². The molecule has 0 heterocycles. The zero-order chi connectivity index (χ0) is 16.7. The first kappa shape index (κ1) is 16.9. The van der Waals surface area contributed by atoms with Gasteiger partial charge in [0.15, 0.2) is 0 Å². The Labute approximate surface area is 137 Å². The summed E-state index contributed by atoms with van der Waals surface area (Å²) in [5.41, 5.74) is 0.483. The van der Waals surface area contributed by atoms with Gasteiger partial charge in [-0.1, -0.05) is 13.8 Å². The maximum Gasteiger partial charge on any atom is 0.343 e. The molecule has 0 aliphatic rings. The van der Waals surface area contributed by atoms with Crippen LogP contribution in [0, 0.1) is 5.92 Å². The molecule has 0 saturated heterocycles. The predicted molar refractivity (Wildman–Crippen MR) is 89.3 cm³/mol. The van der Waals surface area contributed by atoms with Crippen LogP contribution in [-0.4, -0.2) is 19.7 Å². The number of methoxy groups -OCH3 is 1. The van der Waals surface area contributed by atoms with Crippen LogP contribution in [0.1, 0.15) is 30.6 Å². The van der Waals surface area contributed by atoms with Crippen LogP contribution >= 0.6 is 0 Å². The Hall–Kier alpha value is -2.49. The summed E-state index contributed by atoms with van der Waals surface area (Å²) in [4.78, 5) is 12.1. The van der Waals surface area contributed by atoms with Crippen molar-refractivity contribution in [3.05, 3.63) is 54.1 Å². The second-order valence-electron chi connectivity index (χ2n) is 5.62. The zero-order valence-electron chi connectivity index (χ0n) is 13.7. The maximum absolute atomic E-state index is 12.1. The summed E-state index contributed by atoms with van der Waals surface area (Å²) in [5.74, 6) is 2.16. The monoisotopic (exact) mass is 314 g/mol. The number of hydrogen-bond acceptors (Lipinski definition) is 4. The topological polar surface area (TPSA) is 44.8 Å². The number of benzene rings is 2. The lowest BCUT2D eigenvalue weighted by Gasteiger charge is -2.09. The average Bonchev–Trinajstić information content (AvgIpc) is 2.56. The molecule has 4 nitrogen and oxygen atoms in total. The minimum atomic E-state index is -0.399. The zero-order valence-corrected chi connectivity index (χ0v) is 13.7. The minimum Gasteiger partial charge on any atom is -0.497 e. The third-order valence-corrected chi connectivity index (χ3v) is 3.32. The largest absolute Gasteiger partial charge is 0.497 e. The molecule has 2 rings (SSSR count). The first-order chi connectivity index (χ1) is 11.1. The molecule has 2 aromatic carbocycles. The Kier molecular flexibility index (Phi) is 6.03. The van der Waals surface area contributed by atoms with Gasteiger partial charge >= 0.3 is 5.97 Å². The van der Waals surface area contributed by atoms with Crippen LogP contribution in [0.3, 0.4) is 0 Å². The predicted octanol–water partition coefficient (Wildman–Crippen LogP) is 4.34. The molecule has 0 atom stereocenters. The van der Waals surface area contributed by atoms with Gasteiger partial charge in [0.1, 0.15) is 17.2 Å². The molecular formula is C19H22O4. The van der Waals surface area contributed by atoms with Crippen molar-refractivity contribution in [3.8, 4) is 17.2 Å². The summed E-state index contributed by atoms with van der Waals surface area (Å²) in [7, 11) is 1.59. The van der Waals surface area contributed by atoms with E-state index in [-0.39, 0.29) is 0 Å². The first-order valence-electron chi connectivity index (χ1n) is 7.67. The van der Waals surface area contributed by atoms with E-state index in [1.165, 1.54) is 0 Å². The van der Waals surface area contributed by atoms with Crippen molar-refractivity contribution in [2.75, 3.05) is 13.7 Å². The van der Waals surface area contributed by atoms with E-state index in [1.54, 1.807) is 55.6 Å². The Morgan fingerprint density at radius 1 is 0.913 bits per heavy atom. The van der Waals surface area contributed by atoms with E-state index in [2.05, 4.69) is 13.8 Å². The van der Waals surface area contributed by atoms with Crippen molar-refractivity contribution in [2.24, 2.45) is 5.92 Å². The van der Waals surface area contributed by atoms with Crippen LogP contribution in [0.4, 0.5) is 0 Å². The van der Waals surface area contributed by atoms with Gasteiger partial charge in [0.25, 0.3) is 0 Å². The quantitative estimate of drug-likeness (QED) is 0.563. The minimum absolute atomic E-state index is 0.399. The lowest BCUT2D eigenvalue weighted by Crippen LogP contribution is -2.08. The van der Waals surface area contributed by atoms with Crippen molar-refractivity contribution in [2.45, 2.75) is 20.3 Å². The SMILES string of the molecule is COc1ccc(OC(=O)c2ccc(OCCC(C)C)cc2)cc1. The number of ether oxygens (including phenoxy) is 3. The molecule has 0 bridgehead atoms. The summed E-state index contributed by atoms with van der Waals surface area (Å²) < 4.78 is 16.0. The smallest absolute Gasteiger partial charge is 0.343 e. The van der Waals surface area contributed by atoms with Gasteiger partial charge in [-0.2, -0.15) is 0 Å². The van der Waals surface area contributed by atoms with Crippen molar-refractivity contribution in [1.82, 2.24) is 0 Å². The molecule has 0 aliphatic heterocycles. The van der Waals surface area contributed by atoms with Gasteiger partial charge in [-0.3, -0.25) is 0 Å². The first-order valence-corrected chi connectivity index (χ1v) is 7.67. The summed E-state index contributed by atoms with van der Waals surface area (Å²) in [5, 5.41) is 0. The van der Waals surface area contributed by atoms with Crippen LogP contribution in [0.25, 0.3) is 0 Å². The van der Waals surface area contributed by atoms with Gasteiger partial charge in [-0.25, -0.2) is 4.79 Å². The number of rotatable bonds is 7. The average molecular weight is 314 g/mol. The lowest BCUT2D eigenvalue weighted by atomic mass is 10.1. The highest BCUT2D eigenvalue weighted by Crippen LogP contribution is 2.19. The molecular weight excluding hydrogens is 292 g/mol. The third kappa shape index (κ3) is 5.33. The Morgan fingerprint density at radius 2 is 1.48 bits per heavy atom. The molecule has 0 unspecified atom stereocenters. The van der Waals surface area contributed by atoms with Gasteiger partial charge in [0, 0.05) is 0 Å². The van der Waals surface area contributed by atoms with Crippen LogP contribution < -0.4 is 14.2 Å². The number of esters is 1. The molecule has 0 saturated carbocycles. The molecule has 0 aromatic heterocycles. The molecule has 0 radical (unpaired) electrons. The van der Waals surface area contributed by atoms with E-state index in [0.29, 0.717) is 29.6 Å². The molecule has 0 aliphatic carbocycles. The highest BCUT2D eigenvalue weighted by Gasteiger charge is 2.09. The molecule has 2 aromatic rings. The number of carbonyl (C=O) groups is 1. The third-order valence-electron chi connectivity index (χ3n) is 3.32. The molecule has 0 spiro atoms. The van der Waals surface area contributed by atoms with E-state index in [0.717, 1.165) is 12.2 Å². The maximum atomic E-state index is 12.1. The Morgan fingerprint density at radius 3 is 2.04 bits per heavy atom. The fourth-order valence-corrected chi connectivity index (χ4v) is 1.91. The standard InChI is InChI=1S/C19H22O4/c1-14(2)12-13-22-17-6-4-15(5-7-17)19(20)23-18-10-8-16(21-3)9-11-18/h4-11,14H,12-13H2,1-3H3. The Balaban J connectivity index is 1.91. The van der Waals surface area contributed by atoms with E-state index in [4.69, 9.17) is 14.2 Å². The van der Waals surface area contributed by atoms with Crippen LogP contribution in [-0.2, 0) is 0 Å². The lowest BCUT2D eigenvalue weighted by molar-refractivity contribution is 0.0734. The van der Waals surface area contributed by atoms with Gasteiger partial charge in [0.2, 0.25) is 0 Å². The van der Waals surface area contributed by atoms with Gasteiger partial charge in [0.05, 0.1) is 19.3 Å². The highest BCUT2D eigenvalue weighted by atomic mass is 16.5. The van der Waals surface area contributed by atoms with Crippen molar-refractivity contribution < 1.29 is 19.0 Å². The van der Waals surface area contributed by atoms with Crippen LogP contribution in [0.5, 0.6) is 17.2 Å². The van der Waals surface area contributed by atoms with Crippen molar-refractivity contribution in [1.29, 1.82) is 0 Å². The van der Waals surface area contributed by atoms with E-state index in [9.17, 15) is 4.79 Å². The van der Waals surface area contributed by atoms with Gasteiger partial charge in [-0.15, -0.1) is 0 Å². The summed E-state index contributed by atoms with van der Waals surface area (Å²) in [6, 6.07) is 13.9. The van der Waals surface area contributed by atoms with E-state index >= 15 is 0 Å². The number of hydrogen-bond donors (Lipinski definition) is 0. The summed E-state index contributed by atoms with van der Waals surface area (Å²) >= 11 is 0. The van der Waals surface area contributed by atoms with Crippen molar-refractivity contribution >= 4 is 5.97 Å². The van der Waals surface area contributed by atoms with Crippen LogP contribution in [0.2, 0.25) is 0 Å². The van der Waals surface area contributed by atoms with Gasteiger partial charge in [-0.05, 0) is 60.9 Å². The highest BCUT2D eigenvalue weighted by molar-refractivity contribution is 5.91. The van der Waals surface area contributed by atoms with E-state index < -0.39 is 5.97 Å². The molecule has 0 fully saturated rings. The number of carbonyl (C=O) groups excluding carboxylic acids is 1. The molecule has 122 valence electrons. The van der Waals surface area contributed by atoms with Crippen LogP contribution in [0.15, 0.2) is 48.5 Å². The molecule has 0 amide bonds. The molecule has 4 heteroatoms. The Bertz CT molecular complexity index is 615. The van der Waals surface area contributed by atoms with E-state index in [1.807, 2.05) is 0 Å². The molecule has 0 N–H and O–H groups in total. The second-order valence-corrected chi connectivity index (χ2v) is 5.62. The molecule has 23 heavy (non-hydrogen) atoms. The second kappa shape index (κ2) is 8.22. The van der Waals surface area contributed by atoms with Crippen molar-refractivity contribution in [3.63, 3.8) is 0 Å². The normalized spacial score (nSPS) is 10.4.